The molecule has 2 aromatic carbocycles. The molecule has 1 aromatic heterocycles. The molecule has 1 aliphatic heterocycles. The Morgan fingerprint density at radius 1 is 1.07 bits per heavy atom. The van der Waals surface area contributed by atoms with Gasteiger partial charge in [0.05, 0.1) is 13.2 Å². The van der Waals surface area contributed by atoms with Gasteiger partial charge in [0.1, 0.15) is 5.75 Å². The number of nitrogens with one attached hydrogen (secondary N) is 1. The summed E-state index contributed by atoms with van der Waals surface area (Å²) in [5, 5.41) is 4.03. The van der Waals surface area contributed by atoms with Crippen LogP contribution < -0.4 is 10.1 Å². The second-order valence-electron chi connectivity index (χ2n) is 7.39. The van der Waals surface area contributed by atoms with Gasteiger partial charge in [0.15, 0.2) is 6.61 Å². The highest BCUT2D eigenvalue weighted by atomic mass is 16.5. The second kappa shape index (κ2) is 9.11. The van der Waals surface area contributed by atoms with Crippen LogP contribution in [0, 0.1) is 6.92 Å². The number of carbonyl (C=O) groups excluding carboxylic acids is 1. The third-order valence-corrected chi connectivity index (χ3v) is 5.21. The van der Waals surface area contributed by atoms with E-state index in [2.05, 4.69) is 33.1 Å². The summed E-state index contributed by atoms with van der Waals surface area (Å²) in [6.07, 6.45) is 2.11. The van der Waals surface area contributed by atoms with Gasteiger partial charge >= 0.3 is 0 Å². The van der Waals surface area contributed by atoms with Crippen LogP contribution in [-0.2, 0) is 16.1 Å². The Morgan fingerprint density at radius 3 is 2.66 bits per heavy atom. The van der Waals surface area contributed by atoms with Crippen molar-refractivity contribution in [3.8, 4) is 5.75 Å². The van der Waals surface area contributed by atoms with E-state index in [-0.39, 0.29) is 12.5 Å². The van der Waals surface area contributed by atoms with E-state index in [1.807, 2.05) is 43.3 Å². The van der Waals surface area contributed by atoms with E-state index in [1.165, 1.54) is 5.52 Å². The quantitative estimate of drug-likeness (QED) is 0.669. The van der Waals surface area contributed by atoms with Crippen LogP contribution in [0.3, 0.4) is 0 Å². The van der Waals surface area contributed by atoms with Crippen molar-refractivity contribution in [3.05, 3.63) is 60.3 Å². The molecule has 0 radical (unpaired) electrons. The molecule has 6 nitrogen and oxygen atoms in total. The Kier molecular flexibility index (Phi) is 6.12. The van der Waals surface area contributed by atoms with Crippen LogP contribution in [0.5, 0.6) is 5.75 Å². The van der Waals surface area contributed by atoms with Gasteiger partial charge in [0, 0.05) is 49.0 Å². The van der Waals surface area contributed by atoms with E-state index < -0.39 is 0 Å². The average molecular weight is 393 g/mol. The lowest BCUT2D eigenvalue weighted by molar-refractivity contribution is -0.118. The van der Waals surface area contributed by atoms with E-state index in [0.29, 0.717) is 5.75 Å². The normalized spacial score (nSPS) is 14.8. The Labute approximate surface area is 171 Å². The number of anilines is 1. The van der Waals surface area contributed by atoms with Crippen molar-refractivity contribution in [1.82, 2.24) is 9.47 Å². The third kappa shape index (κ3) is 5.16. The highest BCUT2D eigenvalue weighted by Crippen LogP contribution is 2.21. The zero-order valence-corrected chi connectivity index (χ0v) is 16.8. The van der Waals surface area contributed by atoms with Gasteiger partial charge in [-0.05, 0) is 43.3 Å². The van der Waals surface area contributed by atoms with Crippen LogP contribution in [0.4, 0.5) is 5.69 Å². The Morgan fingerprint density at radius 2 is 1.86 bits per heavy atom. The van der Waals surface area contributed by atoms with E-state index in [9.17, 15) is 4.79 Å². The predicted octanol–water partition coefficient (Wildman–Crippen LogP) is 3.30. The second-order valence-corrected chi connectivity index (χ2v) is 7.39. The van der Waals surface area contributed by atoms with E-state index in [4.69, 9.17) is 9.47 Å². The SMILES string of the molecule is Cc1ccc(OCC(=O)Nc2ccc3c(ccn3CCN3CCOCC3)c2)cc1. The minimum atomic E-state index is -0.170. The van der Waals surface area contributed by atoms with Crippen LogP contribution in [0.25, 0.3) is 10.9 Å². The molecular weight excluding hydrogens is 366 g/mol. The van der Waals surface area contributed by atoms with Gasteiger partial charge < -0.3 is 19.4 Å². The number of nitrogens with zero attached hydrogens (tertiary/aromatic N) is 2. The van der Waals surface area contributed by atoms with Gasteiger partial charge in [-0.25, -0.2) is 0 Å². The van der Waals surface area contributed by atoms with Gasteiger partial charge in [0.25, 0.3) is 5.91 Å². The summed E-state index contributed by atoms with van der Waals surface area (Å²) in [6.45, 7) is 7.61. The summed E-state index contributed by atoms with van der Waals surface area (Å²) in [7, 11) is 0. The predicted molar refractivity (Wildman–Crippen MR) is 115 cm³/mol. The number of morpholine rings is 1. The molecule has 2 heterocycles. The first-order valence-corrected chi connectivity index (χ1v) is 10.1. The first-order chi connectivity index (χ1) is 14.2. The number of fused-ring (bicyclic) bond motifs is 1. The van der Waals surface area contributed by atoms with Gasteiger partial charge in [-0.3, -0.25) is 9.69 Å². The maximum absolute atomic E-state index is 12.2. The monoisotopic (exact) mass is 393 g/mol. The Bertz CT molecular complexity index is 959. The third-order valence-electron chi connectivity index (χ3n) is 5.21. The minimum Gasteiger partial charge on any atom is -0.484 e. The maximum Gasteiger partial charge on any atom is 0.262 e. The van der Waals surface area contributed by atoms with Gasteiger partial charge in [-0.1, -0.05) is 17.7 Å². The number of amides is 1. The van der Waals surface area contributed by atoms with Crippen LogP contribution in [-0.4, -0.2) is 54.8 Å². The molecule has 6 heteroatoms. The first kappa shape index (κ1) is 19.5. The van der Waals surface area contributed by atoms with Crippen molar-refractivity contribution in [1.29, 1.82) is 0 Å². The van der Waals surface area contributed by atoms with Crippen molar-refractivity contribution in [2.24, 2.45) is 0 Å². The number of aromatic nitrogens is 1. The van der Waals surface area contributed by atoms with Crippen molar-refractivity contribution in [3.63, 3.8) is 0 Å². The number of rotatable bonds is 7. The Hall–Kier alpha value is -2.83. The molecular formula is C23H27N3O3. The lowest BCUT2D eigenvalue weighted by Crippen LogP contribution is -2.38. The maximum atomic E-state index is 12.2. The van der Waals surface area contributed by atoms with E-state index in [1.54, 1.807) is 0 Å². The fourth-order valence-electron chi connectivity index (χ4n) is 3.53. The number of hydrogen-bond donors (Lipinski definition) is 1. The zero-order valence-electron chi connectivity index (χ0n) is 16.8. The molecule has 0 atom stereocenters. The highest BCUT2D eigenvalue weighted by molar-refractivity contribution is 5.94. The summed E-state index contributed by atoms with van der Waals surface area (Å²) >= 11 is 0. The van der Waals surface area contributed by atoms with Crippen LogP contribution >= 0.6 is 0 Å². The molecule has 1 saturated heterocycles. The van der Waals surface area contributed by atoms with Gasteiger partial charge in [0.2, 0.25) is 0 Å². The molecule has 0 aliphatic carbocycles. The summed E-state index contributed by atoms with van der Waals surface area (Å²) in [4.78, 5) is 14.6. The minimum absolute atomic E-state index is 0.0122. The lowest BCUT2D eigenvalue weighted by Gasteiger charge is -2.26. The van der Waals surface area contributed by atoms with Gasteiger partial charge in [-0.15, -0.1) is 0 Å². The van der Waals surface area contributed by atoms with Crippen LogP contribution in [0.15, 0.2) is 54.7 Å². The lowest BCUT2D eigenvalue weighted by atomic mass is 10.2. The molecule has 1 N–H and O–H groups in total. The van der Waals surface area contributed by atoms with Crippen molar-refractivity contribution >= 4 is 22.5 Å². The number of benzene rings is 2. The summed E-state index contributed by atoms with van der Waals surface area (Å²) in [5.41, 5.74) is 3.11. The Balaban J connectivity index is 1.32. The largest absolute Gasteiger partial charge is 0.484 e. The highest BCUT2D eigenvalue weighted by Gasteiger charge is 2.11. The van der Waals surface area contributed by atoms with Crippen LogP contribution in [0.1, 0.15) is 5.56 Å². The van der Waals surface area contributed by atoms with Crippen molar-refractivity contribution in [2.75, 3.05) is 44.8 Å². The molecule has 0 spiro atoms. The fourth-order valence-corrected chi connectivity index (χ4v) is 3.53. The van der Waals surface area contributed by atoms with E-state index in [0.717, 1.165) is 56.0 Å². The van der Waals surface area contributed by atoms with Crippen molar-refractivity contribution in [2.45, 2.75) is 13.5 Å². The molecule has 3 aromatic rings. The molecule has 0 bridgehead atoms. The molecule has 4 rings (SSSR count). The van der Waals surface area contributed by atoms with E-state index >= 15 is 0 Å². The number of hydrogen-bond acceptors (Lipinski definition) is 4. The topological polar surface area (TPSA) is 55.7 Å². The number of ether oxygens (including phenoxy) is 2. The molecule has 0 saturated carbocycles. The zero-order chi connectivity index (χ0) is 20.1. The molecule has 1 amide bonds. The molecule has 0 unspecified atom stereocenters. The standard InChI is InChI=1S/C23H27N3O3/c1-18-2-5-21(6-3-18)29-17-23(27)24-20-4-7-22-19(16-20)8-9-26(22)11-10-25-12-14-28-15-13-25/h2-9,16H,10-15,17H2,1H3,(H,24,27). The fraction of sp³-hybridized carbons (Fsp3) is 0.348. The summed E-state index contributed by atoms with van der Waals surface area (Å²) < 4.78 is 13.2. The molecule has 1 fully saturated rings. The average Bonchev–Trinajstić information content (AvgIpc) is 3.15. The first-order valence-electron chi connectivity index (χ1n) is 10.1. The van der Waals surface area contributed by atoms with Gasteiger partial charge in [-0.2, -0.15) is 0 Å². The summed E-state index contributed by atoms with van der Waals surface area (Å²) in [6, 6.07) is 15.8. The molecule has 1 aliphatic rings. The van der Waals surface area contributed by atoms with Crippen LogP contribution in [0.2, 0.25) is 0 Å². The molecule has 152 valence electrons. The number of aryl methyl sites for hydroxylation is 1. The number of carbonyl (C=O) groups is 1. The van der Waals surface area contributed by atoms with Crippen molar-refractivity contribution < 1.29 is 14.3 Å². The summed E-state index contributed by atoms with van der Waals surface area (Å²) in [5.74, 6) is 0.523. The smallest absolute Gasteiger partial charge is 0.262 e. The molecule has 29 heavy (non-hydrogen) atoms.